The summed E-state index contributed by atoms with van der Waals surface area (Å²) in [5.74, 6) is 1.47. The first-order chi connectivity index (χ1) is 22.4. The fourth-order valence-electron chi connectivity index (χ4n) is 9.54. The summed E-state index contributed by atoms with van der Waals surface area (Å²) in [5, 5.41) is 6.54. The van der Waals surface area contributed by atoms with Crippen molar-refractivity contribution in [1.29, 1.82) is 0 Å². The van der Waals surface area contributed by atoms with E-state index in [1.807, 2.05) is 24.4 Å². The Morgan fingerprint density at radius 3 is 2.52 bits per heavy atom. The molecule has 6 aliphatic rings. The van der Waals surface area contributed by atoms with Crippen LogP contribution in [0.15, 0.2) is 30.0 Å². The highest BCUT2D eigenvalue weighted by atomic mass is 19.1. The van der Waals surface area contributed by atoms with Gasteiger partial charge in [0.15, 0.2) is 17.3 Å². The molecule has 1 aromatic carbocycles. The quantitative estimate of drug-likeness (QED) is 0.376. The summed E-state index contributed by atoms with van der Waals surface area (Å²) in [6, 6.07) is 5.14. The van der Waals surface area contributed by atoms with Crippen molar-refractivity contribution in [1.82, 2.24) is 20.4 Å². The topological polar surface area (TPSA) is 92.4 Å². The van der Waals surface area contributed by atoms with Crippen molar-refractivity contribution in [3.05, 3.63) is 35.5 Å². The monoisotopic (exact) mass is 638 g/mol. The molecule has 9 nitrogen and oxygen atoms in total. The van der Waals surface area contributed by atoms with E-state index in [1.54, 1.807) is 14.2 Å². The lowest BCUT2D eigenvalue weighted by Crippen LogP contribution is -2.73. The Kier molecular flexibility index (Phi) is 9.57. The molecule has 7 rings (SSSR count). The van der Waals surface area contributed by atoms with Crippen LogP contribution in [0.2, 0.25) is 0 Å². The van der Waals surface area contributed by atoms with E-state index in [-0.39, 0.29) is 41.9 Å². The van der Waals surface area contributed by atoms with Gasteiger partial charge in [0, 0.05) is 25.2 Å². The summed E-state index contributed by atoms with van der Waals surface area (Å²) in [5.41, 5.74) is 1.26. The maximum Gasteiger partial charge on any atom is 0.256 e. The van der Waals surface area contributed by atoms with E-state index in [0.717, 1.165) is 38.0 Å². The van der Waals surface area contributed by atoms with Crippen LogP contribution in [-0.4, -0.2) is 105 Å². The van der Waals surface area contributed by atoms with Gasteiger partial charge in [-0.15, -0.1) is 0 Å². The molecule has 46 heavy (non-hydrogen) atoms. The van der Waals surface area contributed by atoms with Gasteiger partial charge in [-0.1, -0.05) is 31.7 Å². The maximum absolute atomic E-state index is 16.2. The van der Waals surface area contributed by atoms with Crippen molar-refractivity contribution in [2.45, 2.75) is 101 Å². The molecule has 5 fully saturated rings. The highest BCUT2D eigenvalue weighted by Crippen LogP contribution is 2.50. The molecular weight excluding hydrogens is 587 g/mol. The van der Waals surface area contributed by atoms with Crippen molar-refractivity contribution in [3.63, 3.8) is 0 Å². The number of methoxy groups -OCH3 is 2. The predicted octanol–water partition coefficient (Wildman–Crippen LogP) is 3.65. The largest absolute Gasteiger partial charge is 0.493 e. The number of alkyl halides is 1. The number of nitrogens with one attached hydrogen (secondary N) is 2. The van der Waals surface area contributed by atoms with Crippen LogP contribution < -0.4 is 20.1 Å². The number of amides is 1. The van der Waals surface area contributed by atoms with Crippen LogP contribution in [0.3, 0.4) is 0 Å². The van der Waals surface area contributed by atoms with Crippen molar-refractivity contribution in [2.75, 3.05) is 46.9 Å². The van der Waals surface area contributed by atoms with Gasteiger partial charge in [0.1, 0.15) is 6.17 Å². The molecular formula is C36H51FN4O5. The van der Waals surface area contributed by atoms with Crippen LogP contribution in [-0.2, 0) is 20.7 Å². The molecule has 3 saturated carbocycles. The number of Topliss-reactive ketones (excluding diaryl/α,β-unsaturated/α-hetero) is 1. The summed E-state index contributed by atoms with van der Waals surface area (Å²) in [7, 11) is 3.24. The number of ether oxygens (including phenoxy) is 3. The zero-order valence-corrected chi connectivity index (χ0v) is 27.4. The van der Waals surface area contributed by atoms with Crippen LogP contribution in [0.1, 0.15) is 63.4 Å². The SMILES string of the molecule is COc1ccc(CCNC2C(F)CC3C(=O)C(C(=O)NCCN4CCCC4)=CN4C5CC6CCCCC6CC5OC2C34)cc1OC. The molecule has 252 valence electrons. The highest BCUT2D eigenvalue weighted by molar-refractivity contribution is 6.20. The lowest BCUT2D eigenvalue weighted by atomic mass is 9.65. The third-order valence-corrected chi connectivity index (χ3v) is 11.9. The van der Waals surface area contributed by atoms with Gasteiger partial charge in [-0.2, -0.15) is 0 Å². The molecule has 2 N–H and O–H groups in total. The normalized spacial score (nSPS) is 35.5. The first-order valence-corrected chi connectivity index (χ1v) is 17.7. The van der Waals surface area contributed by atoms with E-state index in [1.165, 1.54) is 38.5 Å². The van der Waals surface area contributed by atoms with Crippen molar-refractivity contribution in [3.8, 4) is 11.5 Å². The lowest BCUT2D eigenvalue weighted by molar-refractivity contribution is -0.208. The molecule has 9 unspecified atom stereocenters. The average molecular weight is 639 g/mol. The minimum absolute atomic E-state index is 0.0365. The zero-order chi connectivity index (χ0) is 31.8. The van der Waals surface area contributed by atoms with E-state index in [0.29, 0.717) is 42.8 Å². The first-order valence-electron chi connectivity index (χ1n) is 17.7. The van der Waals surface area contributed by atoms with Crippen molar-refractivity contribution >= 4 is 11.7 Å². The van der Waals surface area contributed by atoms with E-state index in [4.69, 9.17) is 14.2 Å². The van der Waals surface area contributed by atoms with E-state index in [2.05, 4.69) is 20.4 Å². The smallest absolute Gasteiger partial charge is 0.256 e. The average Bonchev–Trinajstić information content (AvgIpc) is 3.59. The molecule has 3 heterocycles. The number of carbonyl (C=O) groups is 2. The summed E-state index contributed by atoms with van der Waals surface area (Å²) in [4.78, 5) is 32.1. The van der Waals surface area contributed by atoms with E-state index >= 15 is 4.39 Å². The Morgan fingerprint density at radius 1 is 1.00 bits per heavy atom. The summed E-state index contributed by atoms with van der Waals surface area (Å²) < 4.78 is 34.0. The predicted molar refractivity (Wildman–Crippen MR) is 173 cm³/mol. The van der Waals surface area contributed by atoms with Gasteiger partial charge in [0.05, 0.1) is 50.1 Å². The molecule has 2 saturated heterocycles. The number of rotatable bonds is 10. The summed E-state index contributed by atoms with van der Waals surface area (Å²) in [6.45, 7) is 3.98. The molecule has 0 aromatic heterocycles. The second kappa shape index (κ2) is 13.8. The molecule has 0 radical (unpaired) electrons. The first kappa shape index (κ1) is 31.9. The molecule has 10 heteroatoms. The van der Waals surface area contributed by atoms with E-state index in [9.17, 15) is 9.59 Å². The van der Waals surface area contributed by atoms with Crippen LogP contribution in [0, 0.1) is 17.8 Å². The third kappa shape index (κ3) is 6.17. The number of fused-ring (bicyclic) bond motifs is 3. The van der Waals surface area contributed by atoms with Crippen molar-refractivity contribution < 1.29 is 28.2 Å². The van der Waals surface area contributed by atoms with Crippen LogP contribution in [0.25, 0.3) is 0 Å². The Hall–Kier alpha value is -2.69. The fourth-order valence-corrected chi connectivity index (χ4v) is 9.54. The van der Waals surface area contributed by atoms with Gasteiger partial charge < -0.3 is 34.6 Å². The Labute approximate surface area is 272 Å². The number of carbonyl (C=O) groups excluding carboxylic acids is 2. The number of likely N-dealkylation sites (tertiary alicyclic amines) is 1. The Morgan fingerprint density at radius 2 is 1.76 bits per heavy atom. The number of hydrogen-bond acceptors (Lipinski definition) is 8. The van der Waals surface area contributed by atoms with Crippen molar-refractivity contribution in [2.24, 2.45) is 17.8 Å². The van der Waals surface area contributed by atoms with Crippen LogP contribution in [0.5, 0.6) is 11.5 Å². The second-order valence-corrected chi connectivity index (χ2v) is 14.4. The number of benzene rings is 1. The number of hydrogen-bond donors (Lipinski definition) is 2. The number of morpholine rings is 1. The minimum Gasteiger partial charge on any atom is -0.493 e. The summed E-state index contributed by atoms with van der Waals surface area (Å²) >= 11 is 0. The molecule has 0 bridgehead atoms. The Balaban J connectivity index is 1.11. The van der Waals surface area contributed by atoms with Gasteiger partial charge in [0.2, 0.25) is 0 Å². The number of nitrogens with zero attached hydrogens (tertiary/aromatic N) is 2. The van der Waals surface area contributed by atoms with Gasteiger partial charge in [-0.25, -0.2) is 4.39 Å². The Bertz CT molecular complexity index is 1300. The molecule has 1 aromatic rings. The number of halogens is 1. The van der Waals surface area contributed by atoms with Crippen LogP contribution in [0.4, 0.5) is 4.39 Å². The van der Waals surface area contributed by atoms with Gasteiger partial charge in [0.25, 0.3) is 5.91 Å². The zero-order valence-electron chi connectivity index (χ0n) is 27.4. The van der Waals surface area contributed by atoms with Gasteiger partial charge in [-0.3, -0.25) is 9.59 Å². The highest BCUT2D eigenvalue weighted by Gasteiger charge is 2.59. The maximum atomic E-state index is 16.2. The van der Waals surface area contributed by atoms with Gasteiger partial charge in [-0.05, 0) is 87.7 Å². The van der Waals surface area contributed by atoms with E-state index < -0.39 is 24.2 Å². The van der Waals surface area contributed by atoms with Crippen LogP contribution >= 0.6 is 0 Å². The number of ketones is 1. The minimum atomic E-state index is -1.26. The third-order valence-electron chi connectivity index (χ3n) is 11.9. The molecule has 3 aliphatic heterocycles. The molecule has 1 amide bonds. The fraction of sp³-hybridized carbons (Fsp3) is 0.722. The standard InChI is InChI=1S/C36H51FN4O5/c1-44-29-10-9-22(17-31(29)45-2)11-12-38-32-27(37)20-25-33-35(32)46-30-19-24-8-4-3-7-23(24)18-28(30)41(33)21-26(34(25)42)36(43)39-13-16-40-14-5-6-15-40/h9-10,17,21,23-25,27-28,30,32-33,35,38H,3-8,11-16,18-20H2,1-2H3,(H,39,43). The lowest BCUT2D eigenvalue weighted by Gasteiger charge is -2.61. The second-order valence-electron chi connectivity index (χ2n) is 14.4. The van der Waals surface area contributed by atoms with Gasteiger partial charge >= 0.3 is 0 Å². The molecule has 0 spiro atoms. The molecule has 9 atom stereocenters. The summed E-state index contributed by atoms with van der Waals surface area (Å²) in [6.07, 6.45) is 10.2. The molecule has 3 aliphatic carbocycles.